The molecule has 0 bridgehead atoms. The molecule has 0 aliphatic carbocycles. The Kier molecular flexibility index (Phi) is 16.8. The molecular weight excluding hydrogens is 687 g/mol. The molecule has 0 saturated carbocycles. The van der Waals surface area contributed by atoms with Crippen LogP contribution in [0.1, 0.15) is 68.6 Å². The van der Waals surface area contributed by atoms with Crippen molar-refractivity contribution >= 4 is 35.2 Å². The first-order valence-electron chi connectivity index (χ1n) is 19.2. The van der Waals surface area contributed by atoms with Gasteiger partial charge in [-0.1, -0.05) is 61.9 Å². The van der Waals surface area contributed by atoms with Crippen LogP contribution in [-0.4, -0.2) is 116 Å². The van der Waals surface area contributed by atoms with Crippen LogP contribution < -0.4 is 10.6 Å². The molecule has 292 valence electrons. The molecule has 1 saturated heterocycles. The van der Waals surface area contributed by atoms with Crippen molar-refractivity contribution in [3.8, 4) is 11.1 Å². The average Bonchev–Trinajstić information content (AvgIpc) is 3.18. The van der Waals surface area contributed by atoms with E-state index in [4.69, 9.17) is 4.74 Å². The molecule has 1 heterocycles. The number of rotatable bonds is 19. The van der Waals surface area contributed by atoms with Gasteiger partial charge in [-0.15, -0.1) is 0 Å². The highest BCUT2D eigenvalue weighted by atomic mass is 19.1. The predicted molar refractivity (Wildman–Crippen MR) is 212 cm³/mol. The molecule has 4 amide bonds. The summed E-state index contributed by atoms with van der Waals surface area (Å²) < 4.78 is 20.6. The topological polar surface area (TPSA) is 115 Å². The summed E-state index contributed by atoms with van der Waals surface area (Å²) >= 11 is 0. The van der Waals surface area contributed by atoms with Crippen molar-refractivity contribution < 1.29 is 28.3 Å². The van der Waals surface area contributed by atoms with Crippen molar-refractivity contribution in [2.45, 2.75) is 64.4 Å². The molecule has 1 aliphatic heterocycles. The van der Waals surface area contributed by atoms with Gasteiger partial charge in [-0.2, -0.15) is 0 Å². The van der Waals surface area contributed by atoms with Gasteiger partial charge in [0.05, 0.1) is 11.3 Å². The number of hydrogen-bond acceptors (Lipinski definition) is 7. The molecule has 12 heteroatoms. The Morgan fingerprint density at radius 3 is 2.20 bits per heavy atom. The molecule has 0 radical (unpaired) electrons. The second-order valence-corrected chi connectivity index (χ2v) is 14.0. The first-order valence-corrected chi connectivity index (χ1v) is 19.2. The first-order chi connectivity index (χ1) is 26.0. The highest BCUT2D eigenvalue weighted by Crippen LogP contribution is 2.28. The number of ether oxygens (including phenoxy) is 1. The number of likely N-dealkylation sites (N-methyl/N-ethyl adjacent to an activating group) is 1. The van der Waals surface area contributed by atoms with Crippen LogP contribution in [0.5, 0.6) is 0 Å². The number of carbonyl (C=O) groups is 4. The van der Waals surface area contributed by atoms with E-state index in [0.29, 0.717) is 56.8 Å². The second kappa shape index (κ2) is 21.7. The monoisotopic (exact) mass is 744 g/mol. The number of amides is 4. The van der Waals surface area contributed by atoms with Crippen molar-refractivity contribution in [1.82, 2.24) is 19.6 Å². The van der Waals surface area contributed by atoms with E-state index in [1.165, 1.54) is 17.0 Å². The number of nitrogens with one attached hydrogen (secondary N) is 2. The first kappa shape index (κ1) is 41.8. The van der Waals surface area contributed by atoms with Gasteiger partial charge in [-0.25, -0.2) is 9.18 Å². The summed E-state index contributed by atoms with van der Waals surface area (Å²) in [6, 6.07) is 22.2. The maximum absolute atomic E-state index is 14.8. The van der Waals surface area contributed by atoms with Gasteiger partial charge in [0.1, 0.15) is 11.9 Å². The fraction of sp³-hybridized carbons (Fsp3) is 0.476. The second-order valence-electron chi connectivity index (χ2n) is 14.0. The zero-order chi connectivity index (χ0) is 38.9. The Hall–Kier alpha value is -4.97. The summed E-state index contributed by atoms with van der Waals surface area (Å²) in [6.07, 6.45) is 4.85. The van der Waals surface area contributed by atoms with Gasteiger partial charge >= 0.3 is 6.09 Å². The van der Waals surface area contributed by atoms with E-state index in [1.54, 1.807) is 30.0 Å². The predicted octanol–water partition coefficient (Wildman–Crippen LogP) is 6.97. The van der Waals surface area contributed by atoms with Gasteiger partial charge in [0, 0.05) is 91.0 Å². The average molecular weight is 745 g/mol. The fourth-order valence-electron chi connectivity index (χ4n) is 6.47. The SMILES string of the molecule is CCC(=O)N(C)CCCN(C)C(=O)c1ccc(NCCCCCC(=O)N(C)CCN2CCC(OC(=O)Nc3ccccc3-c3ccccc3)CC2)cc1F. The lowest BCUT2D eigenvalue weighted by Crippen LogP contribution is -2.42. The van der Waals surface area contributed by atoms with E-state index in [0.717, 1.165) is 62.9 Å². The molecule has 1 fully saturated rings. The number of likely N-dealkylation sites (tertiary alicyclic amines) is 1. The van der Waals surface area contributed by atoms with Gasteiger partial charge in [-0.05, 0) is 61.9 Å². The minimum atomic E-state index is -0.578. The number of benzene rings is 3. The fourth-order valence-corrected chi connectivity index (χ4v) is 6.47. The van der Waals surface area contributed by atoms with E-state index < -0.39 is 17.8 Å². The third kappa shape index (κ3) is 13.2. The summed E-state index contributed by atoms with van der Waals surface area (Å²) in [5.74, 6) is -0.808. The van der Waals surface area contributed by atoms with E-state index in [2.05, 4.69) is 15.5 Å². The smallest absolute Gasteiger partial charge is 0.411 e. The molecular formula is C42H57FN6O5. The van der Waals surface area contributed by atoms with E-state index in [9.17, 15) is 23.6 Å². The van der Waals surface area contributed by atoms with Gasteiger partial charge in [0.25, 0.3) is 5.91 Å². The molecule has 54 heavy (non-hydrogen) atoms. The summed E-state index contributed by atoms with van der Waals surface area (Å²) in [7, 11) is 5.21. The summed E-state index contributed by atoms with van der Waals surface area (Å²) in [5.41, 5.74) is 3.30. The van der Waals surface area contributed by atoms with Gasteiger partial charge < -0.3 is 29.7 Å². The molecule has 3 aromatic carbocycles. The Labute approximate surface area is 319 Å². The number of unbranched alkanes of at least 4 members (excludes halogenated alkanes) is 2. The lowest BCUT2D eigenvalue weighted by molar-refractivity contribution is -0.130. The lowest BCUT2D eigenvalue weighted by Gasteiger charge is -2.32. The zero-order valence-electron chi connectivity index (χ0n) is 32.3. The van der Waals surface area contributed by atoms with Crippen LogP contribution in [0, 0.1) is 5.82 Å². The van der Waals surface area contributed by atoms with Crippen molar-refractivity contribution in [2.75, 3.05) is 77.6 Å². The van der Waals surface area contributed by atoms with Crippen molar-refractivity contribution in [3.63, 3.8) is 0 Å². The molecule has 0 aromatic heterocycles. The molecule has 0 unspecified atom stereocenters. The van der Waals surface area contributed by atoms with Crippen molar-refractivity contribution in [3.05, 3.63) is 84.2 Å². The quantitative estimate of drug-likeness (QED) is 0.128. The Bertz CT molecular complexity index is 1670. The Morgan fingerprint density at radius 2 is 1.48 bits per heavy atom. The van der Waals surface area contributed by atoms with Crippen LogP contribution in [0.4, 0.5) is 20.6 Å². The van der Waals surface area contributed by atoms with Crippen LogP contribution in [-0.2, 0) is 14.3 Å². The van der Waals surface area contributed by atoms with Crippen LogP contribution in [0.3, 0.4) is 0 Å². The third-order valence-corrected chi connectivity index (χ3v) is 9.89. The van der Waals surface area contributed by atoms with Crippen molar-refractivity contribution in [1.29, 1.82) is 0 Å². The molecule has 3 aromatic rings. The number of piperidine rings is 1. The van der Waals surface area contributed by atoms with Gasteiger partial charge in [-0.3, -0.25) is 19.7 Å². The van der Waals surface area contributed by atoms with Crippen LogP contribution in [0.15, 0.2) is 72.8 Å². The summed E-state index contributed by atoms with van der Waals surface area (Å²) in [4.78, 5) is 57.2. The number of halogens is 1. The van der Waals surface area contributed by atoms with Crippen molar-refractivity contribution in [2.24, 2.45) is 0 Å². The zero-order valence-corrected chi connectivity index (χ0v) is 32.3. The molecule has 0 spiro atoms. The normalized spacial score (nSPS) is 13.2. The highest BCUT2D eigenvalue weighted by Gasteiger charge is 2.23. The van der Waals surface area contributed by atoms with Crippen LogP contribution >= 0.6 is 0 Å². The van der Waals surface area contributed by atoms with E-state index >= 15 is 0 Å². The molecule has 11 nitrogen and oxygen atoms in total. The maximum atomic E-state index is 14.8. The Balaban J connectivity index is 1.05. The highest BCUT2D eigenvalue weighted by molar-refractivity contribution is 5.94. The number of anilines is 2. The standard InChI is InChI=1S/C42H57FN6O5/c1-5-39(50)46(2)25-14-26-48(4)41(52)36-21-20-33(31-37(36)43)44-24-13-7-10-19-40(51)47(3)29-30-49-27-22-34(23-28-49)54-42(53)45-38-18-12-11-17-35(38)32-15-8-6-9-16-32/h6,8-9,11-12,15-18,20-21,31,34,44H,5,7,10,13-14,19,22-30H2,1-4H3,(H,45,53). The molecule has 2 N–H and O–H groups in total. The lowest BCUT2D eigenvalue weighted by atomic mass is 10.0. The molecule has 4 rings (SSSR count). The van der Waals surface area contributed by atoms with Gasteiger partial charge in [0.2, 0.25) is 11.8 Å². The number of nitrogens with zero attached hydrogens (tertiary/aromatic N) is 4. The summed E-state index contributed by atoms with van der Waals surface area (Å²) in [5, 5.41) is 6.13. The maximum Gasteiger partial charge on any atom is 0.411 e. The van der Waals surface area contributed by atoms with Crippen LogP contribution in [0.2, 0.25) is 0 Å². The van der Waals surface area contributed by atoms with E-state index in [1.807, 2.05) is 68.6 Å². The number of hydrogen-bond donors (Lipinski definition) is 2. The van der Waals surface area contributed by atoms with E-state index in [-0.39, 0.29) is 23.5 Å². The summed E-state index contributed by atoms with van der Waals surface area (Å²) in [6.45, 7) is 6.40. The minimum Gasteiger partial charge on any atom is -0.446 e. The number of carbonyl (C=O) groups excluding carboxylic acids is 4. The number of para-hydroxylation sites is 1. The molecule has 1 aliphatic rings. The minimum absolute atomic E-state index is 0.0173. The van der Waals surface area contributed by atoms with Gasteiger partial charge in [0.15, 0.2) is 0 Å². The third-order valence-electron chi connectivity index (χ3n) is 9.89. The molecule has 0 atom stereocenters. The largest absolute Gasteiger partial charge is 0.446 e. The van der Waals surface area contributed by atoms with Crippen LogP contribution in [0.25, 0.3) is 11.1 Å². The Morgan fingerprint density at radius 1 is 0.796 bits per heavy atom.